The van der Waals surface area contributed by atoms with Gasteiger partial charge in [-0.1, -0.05) is 0 Å². The molecule has 2 aromatic rings. The number of carbonyl (C=O) groups excluding carboxylic acids is 1. The van der Waals surface area contributed by atoms with E-state index in [4.69, 9.17) is 4.74 Å². The number of benzene rings is 1. The van der Waals surface area contributed by atoms with E-state index in [-0.39, 0.29) is 11.3 Å². The molecule has 0 aliphatic carbocycles. The Labute approximate surface area is 149 Å². The monoisotopic (exact) mass is 423 g/mol. The van der Waals surface area contributed by atoms with Crippen molar-refractivity contribution in [2.45, 2.75) is 32.7 Å². The number of carbonyl (C=O) groups is 1. The van der Waals surface area contributed by atoms with Gasteiger partial charge >= 0.3 is 12.5 Å². The lowest BCUT2D eigenvalue weighted by molar-refractivity contribution is -0.274. The largest absolute Gasteiger partial charge is 0.573 e. The number of aromatic nitrogens is 1. The third-order valence-corrected chi connectivity index (χ3v) is 3.26. The second-order valence-corrected chi connectivity index (χ2v) is 7.00. The fourth-order valence-corrected chi connectivity index (χ4v) is 2.42. The molecular weight excluding hydrogens is 410 g/mol. The molecule has 2 rings (SSSR count). The van der Waals surface area contributed by atoms with Crippen LogP contribution in [0.4, 0.5) is 22.4 Å². The van der Waals surface area contributed by atoms with E-state index in [0.717, 1.165) is 22.8 Å². The molecule has 0 saturated carbocycles. The van der Waals surface area contributed by atoms with E-state index < -0.39 is 29.6 Å². The van der Waals surface area contributed by atoms with Crippen molar-refractivity contribution in [2.75, 3.05) is 0 Å². The number of nitrogens with zero attached hydrogens (tertiary/aromatic N) is 1. The Kier molecular flexibility index (Phi) is 5.17. The summed E-state index contributed by atoms with van der Waals surface area (Å²) in [6.07, 6.45) is -4.38. The first-order valence-electron chi connectivity index (χ1n) is 7.03. The maximum absolute atomic E-state index is 14.2. The predicted molar refractivity (Wildman–Crippen MR) is 85.8 cm³/mol. The van der Waals surface area contributed by atoms with Crippen molar-refractivity contribution in [2.24, 2.45) is 0 Å². The van der Waals surface area contributed by atoms with Gasteiger partial charge in [-0.25, -0.2) is 9.18 Å². The van der Waals surface area contributed by atoms with Crippen LogP contribution in [0.5, 0.6) is 5.75 Å². The predicted octanol–water partition coefficient (Wildman–Crippen LogP) is 5.74. The molecule has 0 atom stereocenters. The fraction of sp³-hybridized carbons (Fsp3) is 0.312. The molecule has 0 fully saturated rings. The van der Waals surface area contributed by atoms with Gasteiger partial charge < -0.3 is 9.47 Å². The lowest BCUT2D eigenvalue weighted by atomic mass is 10.1. The first-order valence-corrected chi connectivity index (χ1v) is 7.82. The zero-order valence-corrected chi connectivity index (χ0v) is 15.0. The van der Waals surface area contributed by atoms with Gasteiger partial charge in [0.2, 0.25) is 0 Å². The maximum Gasteiger partial charge on any atom is 0.573 e. The standard InChI is InChI=1S/C16H14BrF4NO3/c1-15(2,3)25-14(23)22-8-9(17)6-13(22)11-7-10(4-5-12(11)18)24-16(19,20)21/h4-8H,1-3H3. The van der Waals surface area contributed by atoms with E-state index in [2.05, 4.69) is 20.7 Å². The summed E-state index contributed by atoms with van der Waals surface area (Å²) in [5, 5.41) is 0. The van der Waals surface area contributed by atoms with Gasteiger partial charge in [-0.3, -0.25) is 4.57 Å². The minimum atomic E-state index is -4.91. The molecule has 0 radical (unpaired) electrons. The first kappa shape index (κ1) is 19.3. The number of hydrogen-bond acceptors (Lipinski definition) is 3. The van der Waals surface area contributed by atoms with Crippen LogP contribution in [0.25, 0.3) is 11.3 Å². The second-order valence-electron chi connectivity index (χ2n) is 6.08. The number of ether oxygens (including phenoxy) is 2. The van der Waals surface area contributed by atoms with Crippen LogP contribution in [0.3, 0.4) is 0 Å². The van der Waals surface area contributed by atoms with Crippen molar-refractivity contribution < 1.29 is 31.8 Å². The molecule has 0 spiro atoms. The van der Waals surface area contributed by atoms with Gasteiger partial charge in [0.05, 0.1) is 5.69 Å². The SMILES string of the molecule is CC(C)(C)OC(=O)n1cc(Br)cc1-c1cc(OC(F)(F)F)ccc1F. The van der Waals surface area contributed by atoms with Crippen molar-refractivity contribution in [1.29, 1.82) is 0 Å². The maximum atomic E-state index is 14.2. The quantitative estimate of drug-likeness (QED) is 0.578. The summed E-state index contributed by atoms with van der Waals surface area (Å²) in [4.78, 5) is 12.3. The van der Waals surface area contributed by atoms with Crippen molar-refractivity contribution in [1.82, 2.24) is 4.57 Å². The summed E-state index contributed by atoms with van der Waals surface area (Å²) in [5.74, 6) is -1.41. The smallest absolute Gasteiger partial charge is 0.443 e. The van der Waals surface area contributed by atoms with Gasteiger partial charge in [-0.2, -0.15) is 0 Å². The number of rotatable bonds is 2. The number of alkyl halides is 3. The summed E-state index contributed by atoms with van der Waals surface area (Å²) in [6, 6.07) is 3.93. The van der Waals surface area contributed by atoms with E-state index in [9.17, 15) is 22.4 Å². The highest BCUT2D eigenvalue weighted by Gasteiger charge is 2.31. The molecule has 0 amide bonds. The van der Waals surface area contributed by atoms with E-state index in [1.54, 1.807) is 20.8 Å². The van der Waals surface area contributed by atoms with Crippen molar-refractivity contribution in [3.63, 3.8) is 0 Å². The molecule has 9 heteroatoms. The highest BCUT2D eigenvalue weighted by molar-refractivity contribution is 9.10. The Morgan fingerprint density at radius 3 is 2.36 bits per heavy atom. The summed E-state index contributed by atoms with van der Waals surface area (Å²) < 4.78 is 61.7. The molecule has 0 N–H and O–H groups in total. The number of halogens is 5. The van der Waals surface area contributed by atoms with E-state index >= 15 is 0 Å². The molecule has 1 heterocycles. The first-order chi connectivity index (χ1) is 11.4. The molecule has 1 aromatic heterocycles. The van der Waals surface area contributed by atoms with Crippen LogP contribution in [0, 0.1) is 5.82 Å². The topological polar surface area (TPSA) is 40.5 Å². The van der Waals surface area contributed by atoms with Crippen molar-refractivity contribution in [3.05, 3.63) is 40.8 Å². The van der Waals surface area contributed by atoms with Gasteiger partial charge in [0.1, 0.15) is 17.2 Å². The van der Waals surface area contributed by atoms with Gasteiger partial charge in [-0.05, 0) is 61.0 Å². The number of hydrogen-bond donors (Lipinski definition) is 0. The van der Waals surface area contributed by atoms with Gasteiger partial charge in [0.15, 0.2) is 0 Å². The Balaban J connectivity index is 2.48. The molecule has 25 heavy (non-hydrogen) atoms. The van der Waals surface area contributed by atoms with E-state index in [0.29, 0.717) is 4.47 Å². The zero-order valence-electron chi connectivity index (χ0n) is 13.4. The van der Waals surface area contributed by atoms with Crippen LogP contribution in [0.2, 0.25) is 0 Å². The summed E-state index contributed by atoms with van der Waals surface area (Å²) in [7, 11) is 0. The minimum absolute atomic E-state index is 0.0197. The Morgan fingerprint density at radius 1 is 1.16 bits per heavy atom. The average Bonchev–Trinajstić information content (AvgIpc) is 2.79. The summed E-state index contributed by atoms with van der Waals surface area (Å²) >= 11 is 3.16. The lowest BCUT2D eigenvalue weighted by Gasteiger charge is -2.20. The van der Waals surface area contributed by atoms with Crippen molar-refractivity contribution in [3.8, 4) is 17.0 Å². The molecule has 0 aliphatic rings. The minimum Gasteiger partial charge on any atom is -0.443 e. The Hall–Kier alpha value is -2.03. The molecule has 0 unspecified atom stereocenters. The Morgan fingerprint density at radius 2 is 1.80 bits per heavy atom. The third-order valence-electron chi connectivity index (χ3n) is 2.82. The summed E-state index contributed by atoms with van der Waals surface area (Å²) in [6.45, 7) is 4.96. The highest BCUT2D eigenvalue weighted by atomic mass is 79.9. The van der Waals surface area contributed by atoms with Crippen LogP contribution in [-0.2, 0) is 4.74 Å². The van der Waals surface area contributed by atoms with Crippen LogP contribution in [0.15, 0.2) is 34.9 Å². The van der Waals surface area contributed by atoms with Gasteiger partial charge in [0, 0.05) is 16.2 Å². The summed E-state index contributed by atoms with van der Waals surface area (Å²) in [5.41, 5.74) is -1.02. The van der Waals surface area contributed by atoms with Gasteiger partial charge in [-0.15, -0.1) is 13.2 Å². The lowest BCUT2D eigenvalue weighted by Crippen LogP contribution is -2.27. The molecule has 0 bridgehead atoms. The fourth-order valence-electron chi connectivity index (χ4n) is 2.00. The Bertz CT molecular complexity index is 794. The van der Waals surface area contributed by atoms with Crippen LogP contribution < -0.4 is 4.74 Å². The van der Waals surface area contributed by atoms with Crippen molar-refractivity contribution >= 4 is 22.0 Å². The van der Waals surface area contributed by atoms with Gasteiger partial charge in [0.25, 0.3) is 0 Å². The highest BCUT2D eigenvalue weighted by Crippen LogP contribution is 2.33. The molecule has 0 saturated heterocycles. The molecule has 0 aliphatic heterocycles. The average molecular weight is 424 g/mol. The van der Waals surface area contributed by atoms with E-state index in [1.807, 2.05) is 0 Å². The molecule has 4 nitrogen and oxygen atoms in total. The van der Waals surface area contributed by atoms with Crippen LogP contribution >= 0.6 is 15.9 Å². The second kappa shape index (κ2) is 6.70. The third kappa shape index (κ3) is 5.22. The van der Waals surface area contributed by atoms with Crippen LogP contribution in [0.1, 0.15) is 20.8 Å². The normalized spacial score (nSPS) is 12.2. The van der Waals surface area contributed by atoms with Crippen LogP contribution in [-0.4, -0.2) is 22.6 Å². The molecule has 1 aromatic carbocycles. The molecular formula is C16H14BrF4NO3. The van der Waals surface area contributed by atoms with E-state index in [1.165, 1.54) is 12.3 Å². The zero-order chi connectivity index (χ0) is 19.0. The molecule has 136 valence electrons.